The molecule has 1 aliphatic rings. The van der Waals surface area contributed by atoms with Gasteiger partial charge in [-0.3, -0.25) is 4.79 Å². The molecule has 0 aromatic heterocycles. The summed E-state index contributed by atoms with van der Waals surface area (Å²) in [6.07, 6.45) is 3.69. The van der Waals surface area contributed by atoms with Crippen molar-refractivity contribution in [1.82, 2.24) is 4.90 Å². The molecule has 0 saturated carbocycles. The molecule has 0 spiro atoms. The second kappa shape index (κ2) is 4.13. The number of allylic oxidation sites excluding steroid dienone is 1. The number of carbonyl (C=O) groups excluding carboxylic acids is 1. The lowest BCUT2D eigenvalue weighted by Crippen LogP contribution is -2.23. The smallest absolute Gasteiger partial charge is 0.272 e. The molecule has 68 valence electrons. The zero-order chi connectivity index (χ0) is 9.84. The van der Waals surface area contributed by atoms with Crippen molar-refractivity contribution in [2.45, 2.75) is 19.1 Å². The Bertz CT molecular complexity index is 278. The third-order valence-electron chi connectivity index (χ3n) is 2.14. The molecular weight excluding hydrogens is 163 g/mol. The molecule has 0 amide bonds. The molecule has 1 aliphatic heterocycles. The average Bonchev–Trinajstić information content (AvgIpc) is 2.08. The highest BCUT2D eigenvalue weighted by Gasteiger charge is 2.26. The third kappa shape index (κ3) is 2.62. The van der Waals surface area contributed by atoms with Crippen LogP contribution in [0.1, 0.15) is 6.42 Å². The summed E-state index contributed by atoms with van der Waals surface area (Å²) >= 11 is 0. The lowest BCUT2D eigenvalue weighted by atomic mass is 9.42. The van der Waals surface area contributed by atoms with E-state index < -0.39 is 0 Å². The number of hydrogen-bond donors (Lipinski definition) is 0. The Morgan fingerprint density at radius 2 is 2.31 bits per heavy atom. The van der Waals surface area contributed by atoms with Gasteiger partial charge in [-0.2, -0.15) is 0 Å². The molecule has 0 radical (unpaired) electrons. The predicted octanol–water partition coefficient (Wildman–Crippen LogP) is 0.962. The number of nitrogens with zero attached hydrogens (tertiary/aromatic N) is 2. The molecule has 4 heteroatoms. The summed E-state index contributed by atoms with van der Waals surface area (Å²) in [7, 11) is 3.77. The monoisotopic (exact) mass is 176 g/mol. The number of Topliss-reactive ketones (excluding diaryl/α,β-unsaturated/α-hetero) is 1. The van der Waals surface area contributed by atoms with Gasteiger partial charge in [-0.15, -0.1) is 0 Å². The molecule has 0 aliphatic carbocycles. The molecule has 1 rings (SSSR count). The van der Waals surface area contributed by atoms with E-state index in [2.05, 4.69) is 5.97 Å². The first kappa shape index (κ1) is 9.85. The molecule has 0 aromatic rings. The average molecular weight is 176 g/mol. The third-order valence-corrected chi connectivity index (χ3v) is 2.14. The van der Waals surface area contributed by atoms with E-state index in [0.29, 0.717) is 12.7 Å². The maximum absolute atomic E-state index is 11.4. The fraction of sp³-hybridized carbons (Fsp3) is 0.556. The SMILES string of the molecule is CN(C)/C=C1\CB(C#N)CCC1=O. The van der Waals surface area contributed by atoms with Gasteiger partial charge in [-0.1, -0.05) is 6.32 Å². The Balaban J connectivity index is 2.72. The highest BCUT2D eigenvalue weighted by atomic mass is 16.1. The molecule has 1 heterocycles. The highest BCUT2D eigenvalue weighted by molar-refractivity contribution is 6.69. The van der Waals surface area contributed by atoms with Gasteiger partial charge >= 0.3 is 0 Å². The number of hydrogen-bond acceptors (Lipinski definition) is 3. The van der Waals surface area contributed by atoms with Crippen LogP contribution in [0.3, 0.4) is 0 Å². The Hall–Kier alpha value is -1.24. The molecule has 0 N–H and O–H groups in total. The lowest BCUT2D eigenvalue weighted by Gasteiger charge is -2.17. The first-order valence-corrected chi connectivity index (χ1v) is 4.43. The summed E-state index contributed by atoms with van der Waals surface area (Å²) in [6.45, 7) is 0.0314. The van der Waals surface area contributed by atoms with E-state index in [9.17, 15) is 4.79 Å². The van der Waals surface area contributed by atoms with Crippen LogP contribution in [0.2, 0.25) is 12.6 Å². The van der Waals surface area contributed by atoms with Crippen molar-refractivity contribution < 1.29 is 4.79 Å². The van der Waals surface area contributed by atoms with Crippen LogP contribution in [0.15, 0.2) is 11.8 Å². The van der Waals surface area contributed by atoms with Gasteiger partial charge in [0.1, 0.15) is 0 Å². The van der Waals surface area contributed by atoms with E-state index in [4.69, 9.17) is 5.26 Å². The van der Waals surface area contributed by atoms with Gasteiger partial charge in [0.15, 0.2) is 5.78 Å². The summed E-state index contributed by atoms with van der Waals surface area (Å²) in [5.74, 6) is 2.41. The Morgan fingerprint density at radius 1 is 1.62 bits per heavy atom. The van der Waals surface area contributed by atoms with Crippen LogP contribution in [-0.4, -0.2) is 31.5 Å². The van der Waals surface area contributed by atoms with E-state index in [1.54, 1.807) is 0 Å². The Labute approximate surface area is 79.1 Å². The number of rotatable bonds is 1. The lowest BCUT2D eigenvalue weighted by molar-refractivity contribution is -0.115. The topological polar surface area (TPSA) is 44.1 Å². The zero-order valence-corrected chi connectivity index (χ0v) is 8.08. The normalized spacial score (nSPS) is 20.2. The molecular formula is C9H13BN2O. The molecule has 1 saturated heterocycles. The van der Waals surface area contributed by atoms with E-state index in [1.807, 2.05) is 25.2 Å². The molecule has 3 nitrogen and oxygen atoms in total. The van der Waals surface area contributed by atoms with Crippen molar-refractivity contribution in [1.29, 1.82) is 5.26 Å². The Kier molecular flexibility index (Phi) is 3.13. The maximum Gasteiger partial charge on any atom is 0.272 e. The van der Waals surface area contributed by atoms with Crippen molar-refractivity contribution >= 4 is 12.5 Å². The van der Waals surface area contributed by atoms with Crippen molar-refractivity contribution in [2.24, 2.45) is 0 Å². The van der Waals surface area contributed by atoms with Gasteiger partial charge in [-0.05, 0) is 6.32 Å². The van der Waals surface area contributed by atoms with Crippen molar-refractivity contribution in [2.75, 3.05) is 14.1 Å². The van der Waals surface area contributed by atoms with E-state index in [0.717, 1.165) is 11.9 Å². The second-order valence-corrected chi connectivity index (χ2v) is 3.61. The van der Waals surface area contributed by atoms with Crippen LogP contribution in [-0.2, 0) is 4.79 Å². The number of ketones is 1. The van der Waals surface area contributed by atoms with Gasteiger partial charge in [0.05, 0.1) is 0 Å². The first-order chi connectivity index (χ1) is 6.13. The van der Waals surface area contributed by atoms with Crippen molar-refractivity contribution in [3.05, 3.63) is 11.8 Å². The maximum atomic E-state index is 11.4. The van der Waals surface area contributed by atoms with Crippen LogP contribution in [0.5, 0.6) is 0 Å². The second-order valence-electron chi connectivity index (χ2n) is 3.61. The predicted molar refractivity (Wildman–Crippen MR) is 52.4 cm³/mol. The summed E-state index contributed by atoms with van der Waals surface area (Å²) in [5.41, 5.74) is 0.794. The van der Waals surface area contributed by atoms with E-state index in [-0.39, 0.29) is 12.5 Å². The molecule has 0 unspecified atom stereocenters. The molecule has 0 atom stereocenters. The molecule has 0 bridgehead atoms. The van der Waals surface area contributed by atoms with Crippen LogP contribution in [0.4, 0.5) is 0 Å². The van der Waals surface area contributed by atoms with Crippen molar-refractivity contribution in [3.8, 4) is 5.97 Å². The van der Waals surface area contributed by atoms with E-state index in [1.165, 1.54) is 0 Å². The number of carbonyl (C=O) groups is 1. The van der Waals surface area contributed by atoms with Gasteiger partial charge < -0.3 is 4.90 Å². The minimum atomic E-state index is 0.0314. The minimum absolute atomic E-state index is 0.0314. The van der Waals surface area contributed by atoms with Crippen molar-refractivity contribution in [3.63, 3.8) is 0 Å². The van der Waals surface area contributed by atoms with E-state index >= 15 is 0 Å². The van der Waals surface area contributed by atoms with Crippen LogP contribution in [0, 0.1) is 11.2 Å². The quantitative estimate of drug-likeness (QED) is 0.441. The fourth-order valence-electron chi connectivity index (χ4n) is 1.49. The summed E-state index contributed by atoms with van der Waals surface area (Å²) in [6, 6.07) is 0. The largest absolute Gasteiger partial charge is 0.383 e. The summed E-state index contributed by atoms with van der Waals surface area (Å²) < 4.78 is 0. The first-order valence-electron chi connectivity index (χ1n) is 4.43. The molecule has 1 fully saturated rings. The molecule has 13 heavy (non-hydrogen) atoms. The standard InChI is InChI=1S/C9H13BN2O/c1-12(2)6-8-5-10(7-11)4-3-9(8)13/h6H,3-5H2,1-2H3/b8-6+. The highest BCUT2D eigenvalue weighted by Crippen LogP contribution is 2.21. The summed E-state index contributed by atoms with van der Waals surface area (Å²) in [5, 5.41) is 8.73. The van der Waals surface area contributed by atoms with Gasteiger partial charge in [0.25, 0.3) is 6.71 Å². The van der Waals surface area contributed by atoms with Gasteiger partial charge in [-0.25, -0.2) is 5.26 Å². The molecule has 0 aromatic carbocycles. The number of nitriles is 1. The Morgan fingerprint density at radius 3 is 2.85 bits per heavy atom. The van der Waals surface area contributed by atoms with Crippen LogP contribution < -0.4 is 0 Å². The zero-order valence-electron chi connectivity index (χ0n) is 8.08. The van der Waals surface area contributed by atoms with Crippen LogP contribution in [0.25, 0.3) is 0 Å². The van der Waals surface area contributed by atoms with Gasteiger partial charge in [0.2, 0.25) is 0 Å². The minimum Gasteiger partial charge on any atom is -0.383 e. The van der Waals surface area contributed by atoms with Gasteiger partial charge in [0, 0.05) is 38.3 Å². The van der Waals surface area contributed by atoms with Crippen LogP contribution >= 0.6 is 0 Å². The fourth-order valence-corrected chi connectivity index (χ4v) is 1.49. The summed E-state index contributed by atoms with van der Waals surface area (Å²) in [4.78, 5) is 13.2.